The molecule has 0 radical (unpaired) electrons. The Hall–Kier alpha value is -1.28. The summed E-state index contributed by atoms with van der Waals surface area (Å²) >= 11 is 0. The molecule has 1 aromatic carbocycles. The van der Waals surface area contributed by atoms with E-state index in [1.54, 1.807) is 0 Å². The summed E-state index contributed by atoms with van der Waals surface area (Å²) in [6, 6.07) is 8.59. The van der Waals surface area contributed by atoms with Crippen LogP contribution in [0.4, 0.5) is 5.69 Å². The Labute approximate surface area is 104 Å². The zero-order valence-electron chi connectivity index (χ0n) is 10.6. The first-order chi connectivity index (χ1) is 8.29. The Morgan fingerprint density at radius 3 is 3.12 bits per heavy atom. The van der Waals surface area contributed by atoms with Gasteiger partial charge in [-0.2, -0.15) is 0 Å². The van der Waals surface area contributed by atoms with Crippen molar-refractivity contribution in [2.75, 3.05) is 18.4 Å². The Balaban J connectivity index is 1.96. The molecular formula is C15H22N2. The fraction of sp³-hybridized carbons (Fsp3) is 0.467. The van der Waals surface area contributed by atoms with E-state index in [-0.39, 0.29) is 0 Å². The van der Waals surface area contributed by atoms with Gasteiger partial charge in [-0.05, 0) is 43.5 Å². The van der Waals surface area contributed by atoms with Crippen molar-refractivity contribution in [1.82, 2.24) is 5.32 Å². The van der Waals surface area contributed by atoms with E-state index in [0.29, 0.717) is 5.92 Å². The van der Waals surface area contributed by atoms with Gasteiger partial charge in [0.05, 0.1) is 0 Å². The van der Waals surface area contributed by atoms with Gasteiger partial charge >= 0.3 is 0 Å². The SMILES string of the molecule is C=C(Nc1cccc(CC)c1)[C@H]1CCCNC1. The van der Waals surface area contributed by atoms with Crippen molar-refractivity contribution in [2.24, 2.45) is 5.92 Å². The number of piperidine rings is 1. The summed E-state index contributed by atoms with van der Waals surface area (Å²) in [6.07, 6.45) is 3.57. The van der Waals surface area contributed by atoms with Crippen molar-refractivity contribution >= 4 is 5.69 Å². The lowest BCUT2D eigenvalue weighted by atomic mass is 9.96. The number of aryl methyl sites for hydroxylation is 1. The van der Waals surface area contributed by atoms with Gasteiger partial charge in [0, 0.05) is 23.8 Å². The van der Waals surface area contributed by atoms with Gasteiger partial charge in [0.1, 0.15) is 0 Å². The molecule has 1 saturated heterocycles. The molecule has 0 aliphatic carbocycles. The van der Waals surface area contributed by atoms with E-state index in [1.807, 2.05) is 0 Å². The average Bonchev–Trinajstić information content (AvgIpc) is 2.40. The summed E-state index contributed by atoms with van der Waals surface area (Å²) in [5.41, 5.74) is 3.68. The van der Waals surface area contributed by atoms with Crippen LogP contribution in [0, 0.1) is 5.92 Å². The number of hydrogen-bond acceptors (Lipinski definition) is 2. The van der Waals surface area contributed by atoms with Crippen LogP contribution in [0.25, 0.3) is 0 Å². The maximum Gasteiger partial charge on any atom is 0.0384 e. The van der Waals surface area contributed by atoms with Crippen LogP contribution in [0.3, 0.4) is 0 Å². The molecule has 2 heteroatoms. The molecule has 1 heterocycles. The normalized spacial score (nSPS) is 19.9. The lowest BCUT2D eigenvalue weighted by Crippen LogP contribution is -2.32. The number of rotatable bonds is 4. The Bertz CT molecular complexity index is 378. The maximum absolute atomic E-state index is 4.18. The quantitative estimate of drug-likeness (QED) is 0.830. The summed E-state index contributed by atoms with van der Waals surface area (Å²) in [7, 11) is 0. The van der Waals surface area contributed by atoms with E-state index in [2.05, 4.69) is 48.4 Å². The summed E-state index contributed by atoms with van der Waals surface area (Å²) in [6.45, 7) is 8.56. The van der Waals surface area contributed by atoms with E-state index in [4.69, 9.17) is 0 Å². The molecule has 17 heavy (non-hydrogen) atoms. The molecule has 1 fully saturated rings. The lowest BCUT2D eigenvalue weighted by Gasteiger charge is -2.25. The maximum atomic E-state index is 4.18. The van der Waals surface area contributed by atoms with Gasteiger partial charge in [0.15, 0.2) is 0 Å². The molecule has 0 spiro atoms. The second kappa shape index (κ2) is 5.87. The van der Waals surface area contributed by atoms with Crippen molar-refractivity contribution in [1.29, 1.82) is 0 Å². The van der Waals surface area contributed by atoms with Gasteiger partial charge in [-0.25, -0.2) is 0 Å². The molecule has 0 bridgehead atoms. The molecule has 2 rings (SSSR count). The predicted octanol–water partition coefficient (Wildman–Crippen LogP) is 3.17. The van der Waals surface area contributed by atoms with Crippen molar-refractivity contribution in [3.63, 3.8) is 0 Å². The molecule has 1 atom stereocenters. The molecule has 0 unspecified atom stereocenters. The van der Waals surface area contributed by atoms with Crippen LogP contribution in [0.1, 0.15) is 25.3 Å². The second-order valence-corrected chi connectivity index (χ2v) is 4.75. The highest BCUT2D eigenvalue weighted by Gasteiger charge is 2.15. The van der Waals surface area contributed by atoms with Crippen LogP contribution in [0.2, 0.25) is 0 Å². The minimum atomic E-state index is 0.564. The third-order valence-electron chi connectivity index (χ3n) is 3.43. The molecule has 2 N–H and O–H groups in total. The van der Waals surface area contributed by atoms with Crippen LogP contribution in [-0.4, -0.2) is 13.1 Å². The molecule has 1 aromatic rings. The predicted molar refractivity (Wildman–Crippen MR) is 74.2 cm³/mol. The first kappa shape index (κ1) is 12.2. The molecule has 92 valence electrons. The molecular weight excluding hydrogens is 208 g/mol. The number of hydrogen-bond donors (Lipinski definition) is 2. The Morgan fingerprint density at radius 1 is 1.53 bits per heavy atom. The number of benzene rings is 1. The average molecular weight is 230 g/mol. The van der Waals surface area contributed by atoms with E-state index >= 15 is 0 Å². The van der Waals surface area contributed by atoms with Crippen molar-refractivity contribution in [2.45, 2.75) is 26.2 Å². The Kier molecular flexibility index (Phi) is 4.21. The monoisotopic (exact) mass is 230 g/mol. The van der Waals surface area contributed by atoms with Crippen LogP contribution in [0.5, 0.6) is 0 Å². The topological polar surface area (TPSA) is 24.1 Å². The molecule has 0 saturated carbocycles. The van der Waals surface area contributed by atoms with Crippen LogP contribution in [-0.2, 0) is 6.42 Å². The minimum absolute atomic E-state index is 0.564. The summed E-state index contributed by atoms with van der Waals surface area (Å²) in [5, 5.41) is 6.88. The largest absolute Gasteiger partial charge is 0.359 e. The summed E-state index contributed by atoms with van der Waals surface area (Å²) in [4.78, 5) is 0. The van der Waals surface area contributed by atoms with E-state index < -0.39 is 0 Å². The fourth-order valence-corrected chi connectivity index (χ4v) is 2.31. The molecule has 2 nitrogen and oxygen atoms in total. The van der Waals surface area contributed by atoms with Gasteiger partial charge < -0.3 is 10.6 Å². The van der Waals surface area contributed by atoms with Gasteiger partial charge in [-0.3, -0.25) is 0 Å². The van der Waals surface area contributed by atoms with Gasteiger partial charge in [0.2, 0.25) is 0 Å². The van der Waals surface area contributed by atoms with Crippen LogP contribution < -0.4 is 10.6 Å². The van der Waals surface area contributed by atoms with Gasteiger partial charge in [-0.15, -0.1) is 0 Å². The highest BCUT2D eigenvalue weighted by molar-refractivity contribution is 5.50. The number of nitrogens with one attached hydrogen (secondary N) is 2. The van der Waals surface area contributed by atoms with Crippen LogP contribution >= 0.6 is 0 Å². The van der Waals surface area contributed by atoms with Crippen molar-refractivity contribution in [3.8, 4) is 0 Å². The molecule has 1 aliphatic rings. The lowest BCUT2D eigenvalue weighted by molar-refractivity contribution is 0.424. The third-order valence-corrected chi connectivity index (χ3v) is 3.43. The summed E-state index contributed by atoms with van der Waals surface area (Å²) in [5.74, 6) is 0.564. The molecule has 1 aliphatic heterocycles. The second-order valence-electron chi connectivity index (χ2n) is 4.75. The van der Waals surface area contributed by atoms with Crippen LogP contribution in [0.15, 0.2) is 36.5 Å². The first-order valence-corrected chi connectivity index (χ1v) is 6.55. The fourth-order valence-electron chi connectivity index (χ4n) is 2.31. The van der Waals surface area contributed by atoms with Crippen molar-refractivity contribution in [3.05, 3.63) is 42.1 Å². The highest BCUT2D eigenvalue weighted by atomic mass is 14.9. The van der Waals surface area contributed by atoms with E-state index in [1.165, 1.54) is 24.1 Å². The standard InChI is InChI=1S/C15H22N2/c1-3-13-6-4-8-15(10-13)17-12(2)14-7-5-9-16-11-14/h4,6,8,10,14,16-17H,2-3,5,7,9,11H2,1H3/t14-/m0/s1. The van der Waals surface area contributed by atoms with Crippen molar-refractivity contribution < 1.29 is 0 Å². The van der Waals surface area contributed by atoms with Gasteiger partial charge in [-0.1, -0.05) is 25.6 Å². The minimum Gasteiger partial charge on any atom is -0.359 e. The zero-order valence-corrected chi connectivity index (χ0v) is 10.6. The molecule has 0 amide bonds. The zero-order chi connectivity index (χ0) is 12.1. The summed E-state index contributed by atoms with van der Waals surface area (Å²) < 4.78 is 0. The smallest absolute Gasteiger partial charge is 0.0384 e. The van der Waals surface area contributed by atoms with Gasteiger partial charge in [0.25, 0.3) is 0 Å². The molecule has 0 aromatic heterocycles. The van der Waals surface area contributed by atoms with E-state index in [9.17, 15) is 0 Å². The number of anilines is 1. The first-order valence-electron chi connectivity index (χ1n) is 6.55. The van der Waals surface area contributed by atoms with E-state index in [0.717, 1.165) is 25.2 Å². The third kappa shape index (κ3) is 3.34. The Morgan fingerprint density at radius 2 is 2.41 bits per heavy atom. The highest BCUT2D eigenvalue weighted by Crippen LogP contribution is 2.21.